The first-order valence-corrected chi connectivity index (χ1v) is 5.50. The lowest BCUT2D eigenvalue weighted by Gasteiger charge is -2.09. The molecule has 0 aromatic heterocycles. The average molecular weight is 237 g/mol. The number of para-hydroxylation sites is 1. The summed E-state index contributed by atoms with van der Waals surface area (Å²) in [5.41, 5.74) is 0.196. The molecule has 0 atom stereocenters. The number of nitrogens with one attached hydrogen (secondary N) is 1. The summed E-state index contributed by atoms with van der Waals surface area (Å²) in [6.45, 7) is -0.429. The summed E-state index contributed by atoms with van der Waals surface area (Å²) < 4.78 is 47.4. The highest BCUT2D eigenvalue weighted by atomic mass is 32.2. The molecule has 0 spiro atoms. The molecule has 0 aliphatic carbocycles. The maximum atomic E-state index is 12.0. The quantitative estimate of drug-likeness (QED) is 0.825. The minimum atomic E-state index is -4.68. The van der Waals surface area contributed by atoms with E-state index in [2.05, 4.69) is 0 Å². The van der Waals surface area contributed by atoms with Crippen molar-refractivity contribution in [3.05, 3.63) is 29.8 Å². The zero-order valence-electron chi connectivity index (χ0n) is 7.52. The van der Waals surface area contributed by atoms with E-state index < -0.39 is 22.4 Å². The van der Waals surface area contributed by atoms with Crippen LogP contribution in [0.25, 0.3) is 0 Å². The summed E-state index contributed by atoms with van der Waals surface area (Å²) in [5.74, 6) is -3.50. The number of halogens is 2. The Kier molecular flexibility index (Phi) is 3.59. The first-order valence-electron chi connectivity index (χ1n) is 3.96. The van der Waals surface area contributed by atoms with Crippen LogP contribution in [0.2, 0.25) is 0 Å². The van der Waals surface area contributed by atoms with Crippen molar-refractivity contribution in [1.29, 1.82) is 0 Å². The fourth-order valence-electron chi connectivity index (χ4n) is 0.956. The standard InChI is InChI=1S/C8H9F2NO3S/c9-8(10)15(13,14)11-7-4-2-1-3-6(7)5-12/h1-4,8,11-12H,5H2. The molecule has 0 unspecified atom stereocenters. The van der Waals surface area contributed by atoms with Gasteiger partial charge in [0, 0.05) is 5.56 Å². The van der Waals surface area contributed by atoms with Crippen molar-refractivity contribution in [3.63, 3.8) is 0 Å². The van der Waals surface area contributed by atoms with Crippen molar-refractivity contribution in [3.8, 4) is 0 Å². The van der Waals surface area contributed by atoms with E-state index in [1.54, 1.807) is 10.8 Å². The third kappa shape index (κ3) is 2.87. The molecule has 0 heterocycles. The van der Waals surface area contributed by atoms with E-state index in [4.69, 9.17) is 5.11 Å². The number of hydrogen-bond donors (Lipinski definition) is 2. The van der Waals surface area contributed by atoms with Crippen LogP contribution in [0.1, 0.15) is 5.56 Å². The van der Waals surface area contributed by atoms with Gasteiger partial charge in [-0.3, -0.25) is 4.72 Å². The van der Waals surface area contributed by atoms with Crippen LogP contribution in [0.3, 0.4) is 0 Å². The molecule has 0 aliphatic rings. The van der Waals surface area contributed by atoms with Crippen molar-refractivity contribution in [1.82, 2.24) is 0 Å². The molecule has 1 rings (SSSR count). The van der Waals surface area contributed by atoms with E-state index in [1.807, 2.05) is 0 Å². The lowest BCUT2D eigenvalue weighted by molar-refractivity contribution is 0.236. The predicted molar refractivity (Wildman–Crippen MR) is 50.9 cm³/mol. The van der Waals surface area contributed by atoms with Crippen molar-refractivity contribution < 1.29 is 22.3 Å². The molecule has 84 valence electrons. The van der Waals surface area contributed by atoms with E-state index in [-0.39, 0.29) is 11.3 Å². The van der Waals surface area contributed by atoms with E-state index in [1.165, 1.54) is 18.2 Å². The molecule has 15 heavy (non-hydrogen) atoms. The number of aliphatic hydroxyl groups is 1. The fraction of sp³-hybridized carbons (Fsp3) is 0.250. The van der Waals surface area contributed by atoms with Crippen LogP contribution >= 0.6 is 0 Å². The Labute approximate surface area is 85.6 Å². The first-order chi connectivity index (χ1) is 6.97. The van der Waals surface area contributed by atoms with Gasteiger partial charge in [-0.25, -0.2) is 8.42 Å². The molecule has 7 heteroatoms. The summed E-state index contributed by atoms with van der Waals surface area (Å²) in [7, 11) is -4.68. The Balaban J connectivity index is 3.00. The molecule has 4 nitrogen and oxygen atoms in total. The second kappa shape index (κ2) is 4.54. The molecule has 0 radical (unpaired) electrons. The Morgan fingerprint density at radius 1 is 1.33 bits per heavy atom. The molecule has 0 aliphatic heterocycles. The Bertz CT molecular complexity index is 433. The van der Waals surface area contributed by atoms with Gasteiger partial charge in [0.25, 0.3) is 10.0 Å². The number of aliphatic hydroxyl groups excluding tert-OH is 1. The van der Waals surface area contributed by atoms with E-state index in [0.717, 1.165) is 0 Å². The summed E-state index contributed by atoms with van der Waals surface area (Å²) >= 11 is 0. The maximum Gasteiger partial charge on any atom is 0.355 e. The average Bonchev–Trinajstić information content (AvgIpc) is 2.18. The summed E-state index contributed by atoms with van der Waals surface area (Å²) in [6.07, 6.45) is 0. The summed E-state index contributed by atoms with van der Waals surface area (Å²) in [6, 6.07) is 5.77. The van der Waals surface area contributed by atoms with Gasteiger partial charge in [0.15, 0.2) is 0 Å². The third-order valence-corrected chi connectivity index (χ3v) is 2.65. The lowest BCUT2D eigenvalue weighted by Crippen LogP contribution is -2.21. The number of rotatable bonds is 4. The van der Waals surface area contributed by atoms with Gasteiger partial charge in [-0.2, -0.15) is 8.78 Å². The lowest BCUT2D eigenvalue weighted by atomic mass is 10.2. The minimum Gasteiger partial charge on any atom is -0.392 e. The smallest absolute Gasteiger partial charge is 0.355 e. The molecular formula is C8H9F2NO3S. The number of benzene rings is 1. The SMILES string of the molecule is O=S(=O)(Nc1ccccc1CO)C(F)F. The van der Waals surface area contributed by atoms with Crippen LogP contribution in [-0.4, -0.2) is 19.3 Å². The second-order valence-electron chi connectivity index (χ2n) is 2.72. The minimum absolute atomic E-state index is 0.0414. The van der Waals surface area contributed by atoms with Crippen LogP contribution in [0.4, 0.5) is 14.5 Å². The van der Waals surface area contributed by atoms with Crippen LogP contribution in [0.5, 0.6) is 0 Å². The van der Waals surface area contributed by atoms with Gasteiger partial charge in [-0.05, 0) is 6.07 Å². The largest absolute Gasteiger partial charge is 0.392 e. The van der Waals surface area contributed by atoms with E-state index >= 15 is 0 Å². The molecule has 0 amide bonds. The normalized spacial score (nSPS) is 11.7. The molecule has 0 fully saturated rings. The van der Waals surface area contributed by atoms with E-state index in [9.17, 15) is 17.2 Å². The monoisotopic (exact) mass is 237 g/mol. The van der Waals surface area contributed by atoms with Crippen LogP contribution in [0.15, 0.2) is 24.3 Å². The van der Waals surface area contributed by atoms with Gasteiger partial charge in [0.1, 0.15) is 0 Å². The molecule has 0 saturated heterocycles. The Morgan fingerprint density at radius 3 is 2.47 bits per heavy atom. The Morgan fingerprint density at radius 2 is 1.93 bits per heavy atom. The van der Waals surface area contributed by atoms with Gasteiger partial charge in [0.2, 0.25) is 0 Å². The van der Waals surface area contributed by atoms with Crippen molar-refractivity contribution >= 4 is 15.7 Å². The highest BCUT2D eigenvalue weighted by molar-refractivity contribution is 7.93. The van der Waals surface area contributed by atoms with Gasteiger partial charge in [0.05, 0.1) is 12.3 Å². The van der Waals surface area contributed by atoms with E-state index in [0.29, 0.717) is 0 Å². The Hall–Kier alpha value is -1.21. The number of sulfonamides is 1. The van der Waals surface area contributed by atoms with Crippen molar-refractivity contribution in [2.75, 3.05) is 4.72 Å². The molecule has 0 bridgehead atoms. The number of alkyl halides is 2. The molecular weight excluding hydrogens is 228 g/mol. The second-order valence-corrected chi connectivity index (χ2v) is 4.37. The van der Waals surface area contributed by atoms with Crippen LogP contribution in [-0.2, 0) is 16.6 Å². The summed E-state index contributed by atoms with van der Waals surface area (Å²) in [4.78, 5) is 0. The van der Waals surface area contributed by atoms with Crippen LogP contribution < -0.4 is 4.72 Å². The van der Waals surface area contributed by atoms with Crippen molar-refractivity contribution in [2.24, 2.45) is 0 Å². The van der Waals surface area contributed by atoms with Crippen molar-refractivity contribution in [2.45, 2.75) is 12.4 Å². The predicted octanol–water partition coefficient (Wildman–Crippen LogP) is 1.14. The van der Waals surface area contributed by atoms with Gasteiger partial charge >= 0.3 is 5.76 Å². The molecule has 0 saturated carbocycles. The zero-order valence-corrected chi connectivity index (χ0v) is 8.34. The van der Waals surface area contributed by atoms with Gasteiger partial charge in [-0.1, -0.05) is 18.2 Å². The zero-order chi connectivity index (χ0) is 11.5. The van der Waals surface area contributed by atoms with Gasteiger partial charge in [-0.15, -0.1) is 0 Å². The molecule has 2 N–H and O–H groups in total. The third-order valence-electron chi connectivity index (χ3n) is 1.67. The molecule has 1 aromatic carbocycles. The van der Waals surface area contributed by atoms with Gasteiger partial charge < -0.3 is 5.11 Å². The number of anilines is 1. The highest BCUT2D eigenvalue weighted by Gasteiger charge is 2.24. The first kappa shape index (κ1) is 11.9. The molecule has 1 aromatic rings. The summed E-state index contributed by atoms with van der Waals surface area (Å²) in [5, 5.41) is 8.83. The maximum absolute atomic E-state index is 12.0. The topological polar surface area (TPSA) is 66.4 Å². The fourth-order valence-corrected chi connectivity index (χ4v) is 1.55. The van der Waals surface area contributed by atoms with Crippen LogP contribution in [0, 0.1) is 0 Å². The number of hydrogen-bond acceptors (Lipinski definition) is 3. The highest BCUT2D eigenvalue weighted by Crippen LogP contribution is 2.18.